The van der Waals surface area contributed by atoms with E-state index in [0.29, 0.717) is 5.95 Å². The van der Waals surface area contributed by atoms with Crippen molar-refractivity contribution in [2.24, 2.45) is 0 Å². The van der Waals surface area contributed by atoms with Crippen molar-refractivity contribution in [1.82, 2.24) is 15.3 Å². The van der Waals surface area contributed by atoms with Crippen LogP contribution in [0.3, 0.4) is 0 Å². The van der Waals surface area contributed by atoms with Gasteiger partial charge >= 0.3 is 5.97 Å². The van der Waals surface area contributed by atoms with Crippen LogP contribution in [0.2, 0.25) is 10.0 Å². The normalized spacial score (nSPS) is 11.8. The van der Waals surface area contributed by atoms with Crippen LogP contribution in [0.4, 0.5) is 11.6 Å². The number of carbonyl (C=O) groups excluding carboxylic acids is 2. The number of anilines is 2. The van der Waals surface area contributed by atoms with Gasteiger partial charge in [-0.25, -0.2) is 14.8 Å². The smallest absolute Gasteiger partial charge is 0.328 e. The van der Waals surface area contributed by atoms with Crippen molar-refractivity contribution in [1.29, 1.82) is 0 Å². The topological polar surface area (TPSA) is 84.4 Å². The molecule has 1 heterocycles. The number of benzene rings is 2. The molecule has 3 rings (SSSR count). The quantitative estimate of drug-likeness (QED) is 0.402. The molecule has 3 aromatic rings. The molecule has 0 aliphatic rings. The Labute approximate surface area is 208 Å². The van der Waals surface area contributed by atoms with E-state index in [4.69, 9.17) is 27.9 Å². The number of esters is 1. The fraction of sp³-hybridized carbons (Fsp3) is 0.200. The Bertz CT molecular complexity index is 1130. The van der Waals surface area contributed by atoms with Gasteiger partial charge in [0.05, 0.1) is 22.2 Å². The van der Waals surface area contributed by atoms with Gasteiger partial charge in [0.15, 0.2) is 0 Å². The second kappa shape index (κ2) is 12.2. The maximum atomic E-state index is 12.7. The molecule has 2 aromatic carbocycles. The second-order valence-electron chi connectivity index (χ2n) is 7.21. The van der Waals surface area contributed by atoms with Gasteiger partial charge in [0.2, 0.25) is 5.95 Å². The Hall–Kier alpha value is -3.42. The fourth-order valence-corrected chi connectivity index (χ4v) is 3.70. The Morgan fingerprint density at radius 3 is 2.32 bits per heavy atom. The average molecular weight is 499 g/mol. The zero-order chi connectivity index (χ0) is 24.5. The van der Waals surface area contributed by atoms with Crippen LogP contribution < -0.4 is 10.2 Å². The highest BCUT2D eigenvalue weighted by molar-refractivity contribution is 6.39. The van der Waals surface area contributed by atoms with E-state index in [1.54, 1.807) is 49.7 Å². The maximum absolute atomic E-state index is 12.7. The predicted molar refractivity (Wildman–Crippen MR) is 135 cm³/mol. The summed E-state index contributed by atoms with van der Waals surface area (Å²) in [4.78, 5) is 35.5. The molecule has 9 heteroatoms. The van der Waals surface area contributed by atoms with E-state index in [2.05, 4.69) is 15.3 Å². The van der Waals surface area contributed by atoms with Gasteiger partial charge < -0.3 is 15.0 Å². The van der Waals surface area contributed by atoms with E-state index in [9.17, 15) is 9.59 Å². The summed E-state index contributed by atoms with van der Waals surface area (Å²) in [7, 11) is 1.89. The first-order valence-electron chi connectivity index (χ1n) is 10.6. The molecule has 1 aromatic heterocycles. The molecule has 0 saturated heterocycles. The van der Waals surface area contributed by atoms with Crippen LogP contribution in [0.1, 0.15) is 29.3 Å². The maximum Gasteiger partial charge on any atom is 0.328 e. The van der Waals surface area contributed by atoms with Gasteiger partial charge in [-0.3, -0.25) is 4.79 Å². The third-order valence-electron chi connectivity index (χ3n) is 4.88. The number of aromatic nitrogens is 2. The van der Waals surface area contributed by atoms with Crippen LogP contribution in [-0.4, -0.2) is 41.5 Å². The zero-order valence-corrected chi connectivity index (χ0v) is 20.3. The van der Waals surface area contributed by atoms with E-state index in [-0.39, 0.29) is 28.6 Å². The number of halogens is 2. The molecule has 34 heavy (non-hydrogen) atoms. The molecule has 0 bridgehead atoms. The Morgan fingerprint density at radius 2 is 1.71 bits per heavy atom. The van der Waals surface area contributed by atoms with Crippen molar-refractivity contribution in [2.75, 3.05) is 18.6 Å². The number of nitrogens with zero attached hydrogens (tertiary/aromatic N) is 3. The van der Waals surface area contributed by atoms with Crippen LogP contribution >= 0.6 is 23.2 Å². The van der Waals surface area contributed by atoms with Crippen LogP contribution in [0, 0.1) is 0 Å². The lowest BCUT2D eigenvalue weighted by molar-refractivity contribution is -0.145. The highest BCUT2D eigenvalue weighted by Gasteiger charge is 2.24. The van der Waals surface area contributed by atoms with Gasteiger partial charge in [-0.05, 0) is 49.2 Å². The summed E-state index contributed by atoms with van der Waals surface area (Å²) >= 11 is 12.2. The molecule has 1 atom stereocenters. The zero-order valence-electron chi connectivity index (χ0n) is 18.7. The Balaban J connectivity index is 1.68. The van der Waals surface area contributed by atoms with Gasteiger partial charge in [0.1, 0.15) is 6.04 Å². The van der Waals surface area contributed by atoms with Crippen LogP contribution in [0.25, 0.3) is 6.08 Å². The minimum Gasteiger partial charge on any atom is -0.464 e. The molecule has 0 spiro atoms. The van der Waals surface area contributed by atoms with E-state index in [0.717, 1.165) is 11.3 Å². The molecule has 0 radical (unpaired) electrons. The number of nitrogens with one attached hydrogen (secondary N) is 1. The molecule has 0 unspecified atom stereocenters. The molecule has 0 aliphatic carbocycles. The van der Waals surface area contributed by atoms with E-state index >= 15 is 0 Å². The van der Waals surface area contributed by atoms with E-state index in [1.165, 1.54) is 0 Å². The number of amides is 1. The fourth-order valence-electron chi connectivity index (χ4n) is 3.13. The van der Waals surface area contributed by atoms with E-state index < -0.39 is 17.9 Å². The summed E-state index contributed by atoms with van der Waals surface area (Å²) in [5, 5.41) is 3.08. The van der Waals surface area contributed by atoms with Gasteiger partial charge in [0, 0.05) is 25.1 Å². The molecular formula is C25H24Cl2N4O3. The third-order valence-corrected chi connectivity index (χ3v) is 5.51. The molecule has 0 fully saturated rings. The van der Waals surface area contributed by atoms with E-state index in [1.807, 2.05) is 42.3 Å². The lowest BCUT2D eigenvalue weighted by atomic mass is 10.1. The number of hydrogen-bond acceptors (Lipinski definition) is 6. The van der Waals surface area contributed by atoms with Gasteiger partial charge in [-0.15, -0.1) is 0 Å². The largest absolute Gasteiger partial charge is 0.464 e. The second-order valence-corrected chi connectivity index (χ2v) is 8.03. The van der Waals surface area contributed by atoms with Crippen molar-refractivity contribution < 1.29 is 14.3 Å². The number of carbonyl (C=O) groups is 2. The van der Waals surface area contributed by atoms with Crippen LogP contribution in [-0.2, 0) is 9.53 Å². The summed E-state index contributed by atoms with van der Waals surface area (Å²) in [5.41, 5.74) is 1.97. The molecule has 0 saturated carbocycles. The summed E-state index contributed by atoms with van der Waals surface area (Å²) in [6.45, 7) is 1.90. The molecule has 1 amide bonds. The van der Waals surface area contributed by atoms with Crippen molar-refractivity contribution in [3.05, 3.63) is 88.2 Å². The minimum atomic E-state index is -0.892. The minimum absolute atomic E-state index is 0.117. The first-order valence-corrected chi connectivity index (χ1v) is 11.3. The standard InChI is InChI=1S/C25H24Cl2N4O3/c1-3-34-24(33)21(30-23(32)22-19(26)8-5-9-20(22)27)10-4-7-17-11-13-18(14-12-17)31(2)25-28-15-6-16-29-25/h4-9,11-16,21H,3,10H2,1-2H3,(H,30,32)/b7-4+/t21-/m0/s1. The molecule has 1 N–H and O–H groups in total. The highest BCUT2D eigenvalue weighted by Crippen LogP contribution is 2.24. The van der Waals surface area contributed by atoms with Crippen molar-refractivity contribution in [3.63, 3.8) is 0 Å². The molecule has 7 nitrogen and oxygen atoms in total. The third kappa shape index (κ3) is 6.56. The van der Waals surface area contributed by atoms with Crippen molar-refractivity contribution in [3.8, 4) is 0 Å². The van der Waals surface area contributed by atoms with Crippen LogP contribution in [0.5, 0.6) is 0 Å². The number of ether oxygens (including phenoxy) is 1. The lowest BCUT2D eigenvalue weighted by Gasteiger charge is -2.17. The van der Waals surface area contributed by atoms with Gasteiger partial charge in [-0.1, -0.05) is 53.6 Å². The summed E-state index contributed by atoms with van der Waals surface area (Å²) in [6.07, 6.45) is 7.27. The monoisotopic (exact) mass is 498 g/mol. The Kier molecular flexibility index (Phi) is 9.01. The van der Waals surface area contributed by atoms with Gasteiger partial charge in [0.25, 0.3) is 5.91 Å². The number of rotatable bonds is 9. The lowest BCUT2D eigenvalue weighted by Crippen LogP contribution is -2.41. The molecule has 176 valence electrons. The van der Waals surface area contributed by atoms with Crippen molar-refractivity contribution >= 4 is 52.8 Å². The first kappa shape index (κ1) is 25.2. The van der Waals surface area contributed by atoms with Gasteiger partial charge in [-0.2, -0.15) is 0 Å². The highest BCUT2D eigenvalue weighted by atomic mass is 35.5. The summed E-state index contributed by atoms with van der Waals surface area (Å²) in [5.74, 6) is -0.487. The average Bonchev–Trinajstić information content (AvgIpc) is 2.84. The summed E-state index contributed by atoms with van der Waals surface area (Å²) in [6, 6.07) is 13.4. The molecular weight excluding hydrogens is 475 g/mol. The van der Waals surface area contributed by atoms with Crippen molar-refractivity contribution in [2.45, 2.75) is 19.4 Å². The Morgan fingerprint density at radius 1 is 1.06 bits per heavy atom. The number of hydrogen-bond donors (Lipinski definition) is 1. The first-order chi connectivity index (χ1) is 16.4. The summed E-state index contributed by atoms with van der Waals surface area (Å²) < 4.78 is 5.12. The predicted octanol–water partition coefficient (Wildman–Crippen LogP) is 5.32. The van der Waals surface area contributed by atoms with Crippen LogP contribution in [0.15, 0.2) is 67.0 Å². The SMILES string of the molecule is CCOC(=O)[C@H](C/C=C/c1ccc(N(C)c2ncccn2)cc1)NC(=O)c1c(Cl)cccc1Cl. The molecule has 0 aliphatic heterocycles.